The lowest BCUT2D eigenvalue weighted by molar-refractivity contribution is 0.652. The zero-order chi connectivity index (χ0) is 20.1. The molecule has 30 heavy (non-hydrogen) atoms. The molecule has 1 fully saturated rings. The molecule has 5 aromatic rings. The first-order valence-electron chi connectivity index (χ1n) is 10.6. The predicted octanol–water partition coefficient (Wildman–Crippen LogP) is 6.68. The van der Waals surface area contributed by atoms with Crippen LogP contribution in [0.15, 0.2) is 85.6 Å². The van der Waals surface area contributed by atoms with Gasteiger partial charge in [-0.3, -0.25) is 4.40 Å². The van der Waals surface area contributed by atoms with Gasteiger partial charge in [0.25, 0.3) is 0 Å². The number of hydrogen-bond donors (Lipinski definition) is 0. The van der Waals surface area contributed by atoms with E-state index in [4.69, 9.17) is 4.98 Å². The maximum Gasteiger partial charge on any atom is 0.138 e. The second kappa shape index (κ2) is 6.74. The number of imidazole rings is 1. The Hall–Kier alpha value is -3.59. The van der Waals surface area contributed by atoms with Gasteiger partial charge in [-0.25, -0.2) is 4.98 Å². The van der Waals surface area contributed by atoms with Crippen molar-refractivity contribution in [3.05, 3.63) is 91.1 Å². The van der Waals surface area contributed by atoms with E-state index in [2.05, 4.69) is 94.5 Å². The fraction of sp³-hybridized carbons (Fsp3) is 0.148. The summed E-state index contributed by atoms with van der Waals surface area (Å²) in [6, 6.07) is 25.8. The molecule has 0 spiro atoms. The van der Waals surface area contributed by atoms with Crippen LogP contribution in [0.5, 0.6) is 0 Å². The first-order chi connectivity index (χ1) is 14.8. The molecule has 0 bridgehead atoms. The van der Waals surface area contributed by atoms with Crippen LogP contribution in [0.2, 0.25) is 0 Å². The quantitative estimate of drug-likeness (QED) is 0.329. The van der Waals surface area contributed by atoms with E-state index in [-0.39, 0.29) is 0 Å². The van der Waals surface area contributed by atoms with Gasteiger partial charge in [0.15, 0.2) is 0 Å². The smallest absolute Gasteiger partial charge is 0.138 e. The molecule has 0 unspecified atom stereocenters. The number of benzene rings is 2. The van der Waals surface area contributed by atoms with Crippen LogP contribution in [0, 0.1) is 5.92 Å². The first kappa shape index (κ1) is 17.3. The molecule has 1 saturated carbocycles. The van der Waals surface area contributed by atoms with E-state index in [0.717, 1.165) is 35.1 Å². The van der Waals surface area contributed by atoms with E-state index in [0.29, 0.717) is 0 Å². The molecule has 6 rings (SSSR count). The molecule has 3 nitrogen and oxygen atoms in total. The molecule has 0 radical (unpaired) electrons. The first-order valence-corrected chi connectivity index (χ1v) is 10.6. The van der Waals surface area contributed by atoms with Crippen LogP contribution in [0.4, 0.5) is 0 Å². The van der Waals surface area contributed by atoms with Gasteiger partial charge in [0.2, 0.25) is 0 Å². The van der Waals surface area contributed by atoms with Gasteiger partial charge in [0.05, 0.1) is 11.4 Å². The Morgan fingerprint density at radius 1 is 0.967 bits per heavy atom. The Kier molecular flexibility index (Phi) is 3.88. The van der Waals surface area contributed by atoms with E-state index in [1.54, 1.807) is 0 Å². The van der Waals surface area contributed by atoms with Crippen molar-refractivity contribution >= 4 is 22.6 Å². The average molecular weight is 390 g/mol. The standard InChI is InChI=1S/C27H23N3/c1-2-19-14-15-29-25(16-19)28-26(27(29)21-8-4-3-5-9-21)24-17-22-10-6-7-11-23(22)30(24)18-20-12-13-20/h2-11,14-17,20H,1,12-13,18H2. The number of nitrogens with zero attached hydrogens (tertiary/aromatic N) is 3. The highest BCUT2D eigenvalue weighted by atomic mass is 15.1. The molecule has 1 aliphatic carbocycles. The summed E-state index contributed by atoms with van der Waals surface area (Å²) in [5.41, 5.74) is 7.88. The molecular formula is C27H23N3. The maximum absolute atomic E-state index is 5.15. The number of fused-ring (bicyclic) bond motifs is 2. The molecule has 3 aromatic heterocycles. The number of hydrogen-bond acceptors (Lipinski definition) is 1. The highest BCUT2D eigenvalue weighted by molar-refractivity contribution is 5.90. The van der Waals surface area contributed by atoms with Crippen molar-refractivity contribution < 1.29 is 0 Å². The second-order valence-corrected chi connectivity index (χ2v) is 8.21. The molecule has 3 heterocycles. The molecule has 0 saturated heterocycles. The Bertz CT molecular complexity index is 1380. The lowest BCUT2D eigenvalue weighted by atomic mass is 10.1. The monoisotopic (exact) mass is 389 g/mol. The summed E-state index contributed by atoms with van der Waals surface area (Å²) in [7, 11) is 0. The van der Waals surface area contributed by atoms with Gasteiger partial charge in [0.1, 0.15) is 11.3 Å². The summed E-state index contributed by atoms with van der Waals surface area (Å²) in [6.07, 6.45) is 6.64. The van der Waals surface area contributed by atoms with Crippen molar-refractivity contribution in [3.63, 3.8) is 0 Å². The van der Waals surface area contributed by atoms with Crippen molar-refractivity contribution in [3.8, 4) is 22.6 Å². The topological polar surface area (TPSA) is 22.2 Å². The minimum Gasteiger partial charge on any atom is -0.339 e. The number of aromatic nitrogens is 3. The third-order valence-electron chi connectivity index (χ3n) is 6.12. The van der Waals surface area contributed by atoms with E-state index >= 15 is 0 Å². The van der Waals surface area contributed by atoms with Crippen molar-refractivity contribution in [2.24, 2.45) is 5.92 Å². The van der Waals surface area contributed by atoms with E-state index in [1.165, 1.54) is 35.0 Å². The van der Waals surface area contributed by atoms with Gasteiger partial charge in [-0.15, -0.1) is 0 Å². The molecule has 0 atom stereocenters. The van der Waals surface area contributed by atoms with Crippen LogP contribution in [0.3, 0.4) is 0 Å². The third kappa shape index (κ3) is 2.78. The Morgan fingerprint density at radius 3 is 2.57 bits per heavy atom. The van der Waals surface area contributed by atoms with Crippen LogP contribution >= 0.6 is 0 Å². The summed E-state index contributed by atoms with van der Waals surface area (Å²) >= 11 is 0. The van der Waals surface area contributed by atoms with Crippen LogP contribution in [0.25, 0.3) is 45.3 Å². The summed E-state index contributed by atoms with van der Waals surface area (Å²) < 4.78 is 4.69. The van der Waals surface area contributed by atoms with Crippen LogP contribution < -0.4 is 0 Å². The molecule has 0 aliphatic heterocycles. The fourth-order valence-corrected chi connectivity index (χ4v) is 4.40. The van der Waals surface area contributed by atoms with Gasteiger partial charge in [0, 0.05) is 29.2 Å². The van der Waals surface area contributed by atoms with Crippen LogP contribution in [-0.2, 0) is 6.54 Å². The van der Waals surface area contributed by atoms with Crippen molar-refractivity contribution in [1.29, 1.82) is 0 Å². The van der Waals surface area contributed by atoms with E-state index < -0.39 is 0 Å². The summed E-state index contributed by atoms with van der Waals surface area (Å²) in [5.74, 6) is 0.782. The molecule has 146 valence electrons. The highest BCUT2D eigenvalue weighted by Crippen LogP contribution is 2.39. The molecule has 0 N–H and O–H groups in total. The van der Waals surface area contributed by atoms with Crippen molar-refractivity contribution in [1.82, 2.24) is 14.0 Å². The van der Waals surface area contributed by atoms with Gasteiger partial charge in [-0.2, -0.15) is 0 Å². The predicted molar refractivity (Wildman–Crippen MR) is 124 cm³/mol. The molecule has 0 amide bonds. The zero-order valence-corrected chi connectivity index (χ0v) is 16.8. The summed E-state index contributed by atoms with van der Waals surface area (Å²) in [4.78, 5) is 5.15. The van der Waals surface area contributed by atoms with Gasteiger partial charge in [-0.1, -0.05) is 61.2 Å². The molecule has 2 aromatic carbocycles. The minimum atomic E-state index is 0.782. The van der Waals surface area contributed by atoms with Crippen LogP contribution in [0.1, 0.15) is 18.4 Å². The van der Waals surface area contributed by atoms with Crippen molar-refractivity contribution in [2.45, 2.75) is 19.4 Å². The van der Waals surface area contributed by atoms with Gasteiger partial charge in [-0.05, 0) is 48.6 Å². The summed E-state index contributed by atoms with van der Waals surface area (Å²) in [6.45, 7) is 4.98. The summed E-state index contributed by atoms with van der Waals surface area (Å²) in [5, 5.41) is 1.27. The average Bonchev–Trinajstić information content (AvgIpc) is 3.43. The van der Waals surface area contributed by atoms with Gasteiger partial charge < -0.3 is 4.57 Å². The van der Waals surface area contributed by atoms with E-state index in [1.807, 2.05) is 6.08 Å². The SMILES string of the molecule is C=Cc1ccn2c(-c3ccccc3)c(-c3cc4ccccc4n3CC3CC3)nc2c1. The van der Waals surface area contributed by atoms with E-state index in [9.17, 15) is 0 Å². The Morgan fingerprint density at radius 2 is 1.77 bits per heavy atom. The highest BCUT2D eigenvalue weighted by Gasteiger charge is 2.26. The third-order valence-corrected chi connectivity index (χ3v) is 6.12. The lowest BCUT2D eigenvalue weighted by Crippen LogP contribution is -2.02. The molecular weight excluding hydrogens is 366 g/mol. The molecule has 3 heteroatoms. The van der Waals surface area contributed by atoms with Gasteiger partial charge >= 0.3 is 0 Å². The van der Waals surface area contributed by atoms with Crippen LogP contribution in [-0.4, -0.2) is 14.0 Å². The Balaban J connectivity index is 1.67. The lowest BCUT2D eigenvalue weighted by Gasteiger charge is -2.11. The minimum absolute atomic E-state index is 0.782. The largest absolute Gasteiger partial charge is 0.339 e. The number of pyridine rings is 1. The molecule has 1 aliphatic rings. The maximum atomic E-state index is 5.15. The second-order valence-electron chi connectivity index (χ2n) is 8.21. The number of rotatable bonds is 5. The fourth-order valence-electron chi connectivity index (χ4n) is 4.40. The number of para-hydroxylation sites is 1. The Labute approximate surface area is 175 Å². The van der Waals surface area contributed by atoms with Crippen molar-refractivity contribution in [2.75, 3.05) is 0 Å². The zero-order valence-electron chi connectivity index (χ0n) is 16.8. The normalized spacial score (nSPS) is 13.9.